The number of amides is 1. The van der Waals surface area contributed by atoms with Gasteiger partial charge in [0.05, 0.1) is 0 Å². The summed E-state index contributed by atoms with van der Waals surface area (Å²) in [5, 5.41) is 16.1. The molecule has 0 fully saturated rings. The van der Waals surface area contributed by atoms with Gasteiger partial charge in [-0.25, -0.2) is 0 Å². The summed E-state index contributed by atoms with van der Waals surface area (Å²) in [7, 11) is 0. The average Bonchev–Trinajstić information content (AvgIpc) is 3.22. The van der Waals surface area contributed by atoms with Crippen LogP contribution >= 0.6 is 33.9 Å². The maximum absolute atomic E-state index is 12.2. The van der Waals surface area contributed by atoms with Crippen molar-refractivity contribution in [1.29, 1.82) is 0 Å². The maximum atomic E-state index is 12.2. The molecule has 4 aromatic rings. The van der Waals surface area contributed by atoms with Gasteiger partial charge in [-0.2, -0.15) is 9.61 Å². The van der Waals surface area contributed by atoms with E-state index in [-0.39, 0.29) is 5.91 Å². The van der Waals surface area contributed by atoms with Crippen LogP contribution < -0.4 is 5.32 Å². The molecule has 0 spiro atoms. The fourth-order valence-corrected chi connectivity index (χ4v) is 3.72. The minimum atomic E-state index is -0.0729. The second-order valence-electron chi connectivity index (χ2n) is 5.36. The lowest BCUT2D eigenvalue weighted by Crippen LogP contribution is -2.22. The van der Waals surface area contributed by atoms with E-state index >= 15 is 0 Å². The van der Waals surface area contributed by atoms with Crippen LogP contribution in [0.1, 0.15) is 15.9 Å². The van der Waals surface area contributed by atoms with Crippen LogP contribution in [-0.2, 0) is 6.54 Å². The molecule has 0 bridgehead atoms. The van der Waals surface area contributed by atoms with Gasteiger partial charge in [0, 0.05) is 21.2 Å². The molecule has 6 nitrogen and oxygen atoms in total. The second-order valence-corrected chi connectivity index (χ2v) is 7.56. The normalized spacial score (nSPS) is 10.9. The third-order valence-electron chi connectivity index (χ3n) is 3.63. The smallest absolute Gasteiger partial charge is 0.251 e. The highest BCUT2D eigenvalue weighted by molar-refractivity contribution is 14.1. The number of hydrogen-bond donors (Lipinski definition) is 1. The highest BCUT2D eigenvalue weighted by atomic mass is 127. The van der Waals surface area contributed by atoms with E-state index in [4.69, 9.17) is 0 Å². The first kappa shape index (κ1) is 16.2. The van der Waals surface area contributed by atoms with E-state index in [1.165, 1.54) is 11.3 Å². The monoisotopic (exact) mass is 461 g/mol. The van der Waals surface area contributed by atoms with Crippen LogP contribution in [-0.4, -0.2) is 25.7 Å². The van der Waals surface area contributed by atoms with Gasteiger partial charge in [-0.3, -0.25) is 4.79 Å². The summed E-state index contributed by atoms with van der Waals surface area (Å²) in [6.45, 7) is 0.482. The van der Waals surface area contributed by atoms with Gasteiger partial charge in [-0.15, -0.1) is 10.2 Å². The van der Waals surface area contributed by atoms with Gasteiger partial charge >= 0.3 is 0 Å². The third kappa shape index (κ3) is 3.54. The van der Waals surface area contributed by atoms with Gasteiger partial charge in [0.15, 0.2) is 0 Å². The van der Waals surface area contributed by atoms with Gasteiger partial charge in [0.2, 0.25) is 4.96 Å². The molecular formula is C17H12IN5OS. The Morgan fingerprint density at radius 1 is 1.20 bits per heavy atom. The first-order chi connectivity index (χ1) is 12.2. The fourth-order valence-electron chi connectivity index (χ4n) is 2.36. The Morgan fingerprint density at radius 2 is 2.04 bits per heavy atom. The minimum absolute atomic E-state index is 0.0729. The van der Waals surface area contributed by atoms with Crippen LogP contribution in [0.3, 0.4) is 0 Å². The van der Waals surface area contributed by atoms with Crippen molar-refractivity contribution in [2.24, 2.45) is 0 Å². The third-order valence-corrected chi connectivity index (χ3v) is 5.26. The topological polar surface area (TPSA) is 72.2 Å². The maximum Gasteiger partial charge on any atom is 0.251 e. The molecule has 0 aliphatic heterocycles. The summed E-state index contributed by atoms with van der Waals surface area (Å²) in [5.74, 6) is -0.0729. The van der Waals surface area contributed by atoms with E-state index in [1.807, 2.05) is 48.5 Å². The quantitative estimate of drug-likeness (QED) is 0.473. The van der Waals surface area contributed by atoms with Crippen molar-refractivity contribution in [3.05, 3.63) is 69.6 Å². The van der Waals surface area contributed by atoms with Crippen LogP contribution in [0.2, 0.25) is 0 Å². The Labute approximate surface area is 161 Å². The van der Waals surface area contributed by atoms with Crippen molar-refractivity contribution in [2.75, 3.05) is 0 Å². The zero-order chi connectivity index (χ0) is 17.2. The first-order valence-electron chi connectivity index (χ1n) is 7.49. The molecule has 8 heteroatoms. The number of nitrogens with one attached hydrogen (secondary N) is 1. The molecule has 2 aromatic carbocycles. The van der Waals surface area contributed by atoms with E-state index in [0.29, 0.717) is 12.1 Å². The summed E-state index contributed by atoms with van der Waals surface area (Å²) < 4.78 is 2.70. The molecule has 0 saturated carbocycles. The van der Waals surface area contributed by atoms with E-state index < -0.39 is 0 Å². The molecule has 1 amide bonds. The number of halogens is 1. The Hall–Kier alpha value is -2.33. The lowest BCUT2D eigenvalue weighted by atomic mass is 10.1. The van der Waals surface area contributed by atoms with E-state index in [0.717, 1.165) is 24.7 Å². The van der Waals surface area contributed by atoms with Gasteiger partial charge in [0.1, 0.15) is 11.3 Å². The summed E-state index contributed by atoms with van der Waals surface area (Å²) in [6.07, 6.45) is 1.59. The summed E-state index contributed by atoms with van der Waals surface area (Å²) >= 11 is 3.68. The molecule has 2 aromatic heterocycles. The molecule has 1 N–H and O–H groups in total. The SMILES string of the molecule is O=C(NCc1ccc(-c2nn3cnnc3s2)cc1)c1cccc(I)c1. The lowest BCUT2D eigenvalue weighted by molar-refractivity contribution is 0.0951. The minimum Gasteiger partial charge on any atom is -0.348 e. The van der Waals surface area contributed by atoms with Gasteiger partial charge in [-0.1, -0.05) is 41.7 Å². The predicted octanol–water partition coefficient (Wildman–Crippen LogP) is 3.39. The number of aromatic nitrogens is 4. The largest absolute Gasteiger partial charge is 0.348 e. The molecule has 0 unspecified atom stereocenters. The van der Waals surface area contributed by atoms with Gasteiger partial charge in [0.25, 0.3) is 5.91 Å². The van der Waals surface area contributed by atoms with Gasteiger partial charge < -0.3 is 5.32 Å². The Bertz CT molecular complexity index is 1010. The predicted molar refractivity (Wildman–Crippen MR) is 104 cm³/mol. The van der Waals surface area contributed by atoms with Crippen LogP contribution in [0.4, 0.5) is 0 Å². The van der Waals surface area contributed by atoms with Crippen molar-refractivity contribution in [3.63, 3.8) is 0 Å². The number of hydrogen-bond acceptors (Lipinski definition) is 5. The molecule has 124 valence electrons. The van der Waals surface area contributed by atoms with E-state index in [2.05, 4.69) is 43.2 Å². The van der Waals surface area contributed by atoms with Crippen LogP contribution in [0, 0.1) is 3.57 Å². The highest BCUT2D eigenvalue weighted by Crippen LogP contribution is 2.24. The van der Waals surface area contributed by atoms with Crippen molar-refractivity contribution in [1.82, 2.24) is 25.1 Å². The van der Waals surface area contributed by atoms with Crippen LogP contribution in [0.5, 0.6) is 0 Å². The molecular weight excluding hydrogens is 449 g/mol. The zero-order valence-corrected chi connectivity index (χ0v) is 15.9. The zero-order valence-electron chi connectivity index (χ0n) is 12.9. The molecule has 0 aliphatic rings. The number of fused-ring (bicyclic) bond motifs is 1. The number of carbonyl (C=O) groups excluding carboxylic acids is 1. The molecule has 0 aliphatic carbocycles. The van der Waals surface area contributed by atoms with Crippen LogP contribution in [0.15, 0.2) is 54.9 Å². The fraction of sp³-hybridized carbons (Fsp3) is 0.0588. The molecule has 25 heavy (non-hydrogen) atoms. The molecule has 0 radical (unpaired) electrons. The van der Waals surface area contributed by atoms with E-state index in [1.54, 1.807) is 10.8 Å². The van der Waals surface area contributed by atoms with Gasteiger partial charge in [-0.05, 0) is 46.4 Å². The molecule has 0 atom stereocenters. The van der Waals surface area contributed by atoms with Crippen molar-refractivity contribution < 1.29 is 4.79 Å². The molecule has 4 rings (SSSR count). The molecule has 0 saturated heterocycles. The lowest BCUT2D eigenvalue weighted by Gasteiger charge is -2.06. The average molecular weight is 461 g/mol. The van der Waals surface area contributed by atoms with Crippen molar-refractivity contribution >= 4 is 44.8 Å². The number of rotatable bonds is 4. The summed E-state index contributed by atoms with van der Waals surface area (Å²) in [6, 6.07) is 15.5. The first-order valence-corrected chi connectivity index (χ1v) is 9.38. The van der Waals surface area contributed by atoms with Crippen molar-refractivity contribution in [3.8, 4) is 10.6 Å². The Morgan fingerprint density at radius 3 is 2.80 bits per heavy atom. The Balaban J connectivity index is 1.43. The number of nitrogens with zero attached hydrogens (tertiary/aromatic N) is 4. The number of benzene rings is 2. The van der Waals surface area contributed by atoms with Crippen LogP contribution in [0.25, 0.3) is 15.5 Å². The highest BCUT2D eigenvalue weighted by Gasteiger charge is 2.08. The second kappa shape index (κ2) is 6.89. The standard InChI is InChI=1S/C17H12IN5OS/c18-14-3-1-2-13(8-14)15(24)19-9-11-4-6-12(7-5-11)16-22-23-10-20-21-17(23)25-16/h1-8,10H,9H2,(H,19,24). The Kier molecular flexibility index (Phi) is 4.45. The molecule has 2 heterocycles. The van der Waals surface area contributed by atoms with Crippen molar-refractivity contribution in [2.45, 2.75) is 6.54 Å². The summed E-state index contributed by atoms with van der Waals surface area (Å²) in [5.41, 5.74) is 2.72. The van der Waals surface area contributed by atoms with E-state index in [9.17, 15) is 4.79 Å². The number of carbonyl (C=O) groups is 1. The summed E-state index contributed by atoms with van der Waals surface area (Å²) in [4.78, 5) is 13.0.